The third-order valence-electron chi connectivity index (χ3n) is 2.43. The third kappa shape index (κ3) is 3.31. The van der Waals surface area contributed by atoms with Gasteiger partial charge in [-0.25, -0.2) is 0 Å². The molecule has 0 fully saturated rings. The molecule has 2 nitrogen and oxygen atoms in total. The van der Waals surface area contributed by atoms with E-state index in [1.165, 1.54) is 0 Å². The summed E-state index contributed by atoms with van der Waals surface area (Å²) >= 11 is 8.76. The van der Waals surface area contributed by atoms with Gasteiger partial charge in [0.2, 0.25) is 0 Å². The molecule has 1 N–H and O–H groups in total. The maximum Gasteiger partial charge on any atom is 0.119 e. The molecule has 0 amide bonds. The summed E-state index contributed by atoms with van der Waals surface area (Å²) in [5.41, 5.74) is 1.90. The van der Waals surface area contributed by atoms with Crippen molar-refractivity contribution < 1.29 is 4.74 Å². The molecular weight excluding hydrogens is 310 g/mol. The number of rotatable bonds is 3. The van der Waals surface area contributed by atoms with Crippen molar-refractivity contribution in [3.63, 3.8) is 0 Å². The second-order valence-electron chi connectivity index (χ2n) is 3.69. The quantitative estimate of drug-likeness (QED) is 0.854. The van der Waals surface area contributed by atoms with Crippen LogP contribution in [0.4, 0.5) is 5.69 Å². The molecule has 0 spiro atoms. The molecule has 0 radical (unpaired) electrons. The molecule has 0 aliphatic carbocycles. The zero-order valence-corrected chi connectivity index (χ0v) is 12.2. The van der Waals surface area contributed by atoms with Gasteiger partial charge in [0.15, 0.2) is 0 Å². The standard InChI is InChI=1S/C14H12BrNOS/c1-17-13-4-2-3-10(9-13)14(18)16-12-7-5-11(15)6-8-12/h2-9H,1H3,(H,16,18). The fourth-order valence-electron chi connectivity index (χ4n) is 1.50. The lowest BCUT2D eigenvalue weighted by Gasteiger charge is -2.09. The Hall–Kier alpha value is -1.39. The predicted octanol–water partition coefficient (Wildman–Crippen LogP) is 4.25. The molecule has 92 valence electrons. The van der Waals surface area contributed by atoms with Crippen LogP contribution in [0, 0.1) is 0 Å². The highest BCUT2D eigenvalue weighted by Gasteiger charge is 2.03. The van der Waals surface area contributed by atoms with E-state index < -0.39 is 0 Å². The minimum atomic E-state index is 0.677. The van der Waals surface area contributed by atoms with Gasteiger partial charge in [-0.2, -0.15) is 0 Å². The Morgan fingerprint density at radius 1 is 1.17 bits per heavy atom. The molecule has 18 heavy (non-hydrogen) atoms. The van der Waals surface area contributed by atoms with Crippen molar-refractivity contribution in [2.24, 2.45) is 0 Å². The molecule has 0 heterocycles. The van der Waals surface area contributed by atoms with E-state index in [1.807, 2.05) is 48.5 Å². The molecule has 0 saturated carbocycles. The minimum absolute atomic E-state index is 0.677. The zero-order valence-electron chi connectivity index (χ0n) is 9.81. The van der Waals surface area contributed by atoms with Crippen LogP contribution in [0.25, 0.3) is 0 Å². The fraction of sp³-hybridized carbons (Fsp3) is 0.0714. The molecule has 2 rings (SSSR count). The van der Waals surface area contributed by atoms with Crippen molar-refractivity contribution in [2.45, 2.75) is 0 Å². The smallest absolute Gasteiger partial charge is 0.119 e. The van der Waals surface area contributed by atoms with E-state index in [1.54, 1.807) is 7.11 Å². The van der Waals surface area contributed by atoms with Crippen LogP contribution < -0.4 is 10.1 Å². The van der Waals surface area contributed by atoms with Gasteiger partial charge in [0.05, 0.1) is 7.11 Å². The van der Waals surface area contributed by atoms with Crippen LogP contribution in [0.1, 0.15) is 5.56 Å². The van der Waals surface area contributed by atoms with Gasteiger partial charge in [-0.3, -0.25) is 0 Å². The van der Waals surface area contributed by atoms with Crippen molar-refractivity contribution in [1.82, 2.24) is 0 Å². The van der Waals surface area contributed by atoms with Crippen LogP contribution in [0.3, 0.4) is 0 Å². The van der Waals surface area contributed by atoms with Crippen molar-refractivity contribution in [3.05, 3.63) is 58.6 Å². The molecule has 0 aliphatic rings. The Labute approximate surface area is 120 Å². The summed E-state index contributed by atoms with van der Waals surface area (Å²) in [5, 5.41) is 3.19. The number of ether oxygens (including phenoxy) is 1. The lowest BCUT2D eigenvalue weighted by molar-refractivity contribution is 0.414. The SMILES string of the molecule is COc1cccc(C(=S)Nc2ccc(Br)cc2)c1. The summed E-state index contributed by atoms with van der Waals surface area (Å²) in [6.07, 6.45) is 0. The summed E-state index contributed by atoms with van der Waals surface area (Å²) in [4.78, 5) is 0.677. The van der Waals surface area contributed by atoms with Crippen LogP contribution >= 0.6 is 28.1 Å². The average molecular weight is 322 g/mol. The van der Waals surface area contributed by atoms with Gasteiger partial charge in [-0.05, 0) is 36.4 Å². The van der Waals surface area contributed by atoms with Gasteiger partial charge in [0.1, 0.15) is 10.7 Å². The van der Waals surface area contributed by atoms with Gasteiger partial charge in [-0.1, -0.05) is 40.3 Å². The van der Waals surface area contributed by atoms with Crippen molar-refractivity contribution >= 4 is 38.8 Å². The topological polar surface area (TPSA) is 21.3 Å². The van der Waals surface area contributed by atoms with Gasteiger partial charge < -0.3 is 10.1 Å². The van der Waals surface area contributed by atoms with E-state index in [0.29, 0.717) is 4.99 Å². The predicted molar refractivity (Wildman–Crippen MR) is 82.5 cm³/mol. The third-order valence-corrected chi connectivity index (χ3v) is 3.30. The van der Waals surface area contributed by atoms with E-state index in [2.05, 4.69) is 21.2 Å². The maximum atomic E-state index is 5.36. The summed E-state index contributed by atoms with van der Waals surface area (Å²) in [6.45, 7) is 0. The Bertz CT molecular complexity index is 554. The molecule has 4 heteroatoms. The molecule has 0 atom stereocenters. The highest BCUT2D eigenvalue weighted by atomic mass is 79.9. The molecule has 2 aromatic rings. The number of halogens is 1. The minimum Gasteiger partial charge on any atom is -0.497 e. The molecule has 0 aromatic heterocycles. The fourth-order valence-corrected chi connectivity index (χ4v) is 2.01. The van der Waals surface area contributed by atoms with E-state index in [0.717, 1.165) is 21.5 Å². The van der Waals surface area contributed by atoms with Crippen LogP contribution in [0.2, 0.25) is 0 Å². The van der Waals surface area contributed by atoms with Gasteiger partial charge in [0.25, 0.3) is 0 Å². The first-order valence-corrected chi connectivity index (χ1v) is 6.60. The highest BCUT2D eigenvalue weighted by Crippen LogP contribution is 2.17. The maximum absolute atomic E-state index is 5.36. The van der Waals surface area contributed by atoms with Crippen LogP contribution in [0.15, 0.2) is 53.0 Å². The van der Waals surface area contributed by atoms with E-state index in [-0.39, 0.29) is 0 Å². The summed E-state index contributed by atoms with van der Waals surface area (Å²) < 4.78 is 6.22. The monoisotopic (exact) mass is 321 g/mol. The molecule has 0 aliphatic heterocycles. The summed E-state index contributed by atoms with van der Waals surface area (Å²) in [6, 6.07) is 15.6. The first kappa shape index (κ1) is 13.1. The molecule has 0 bridgehead atoms. The Morgan fingerprint density at radius 3 is 2.56 bits per heavy atom. The van der Waals surface area contributed by atoms with Crippen molar-refractivity contribution in [3.8, 4) is 5.75 Å². The highest BCUT2D eigenvalue weighted by molar-refractivity contribution is 9.10. The summed E-state index contributed by atoms with van der Waals surface area (Å²) in [5.74, 6) is 0.799. The van der Waals surface area contributed by atoms with Gasteiger partial charge in [-0.15, -0.1) is 0 Å². The Morgan fingerprint density at radius 2 is 1.89 bits per heavy atom. The number of benzene rings is 2. The van der Waals surface area contributed by atoms with Gasteiger partial charge in [0, 0.05) is 15.7 Å². The molecular formula is C14H12BrNOS. The van der Waals surface area contributed by atoms with Crippen LogP contribution in [0.5, 0.6) is 5.75 Å². The normalized spacial score (nSPS) is 9.89. The lowest BCUT2D eigenvalue weighted by atomic mass is 10.2. The Balaban J connectivity index is 2.14. The second-order valence-corrected chi connectivity index (χ2v) is 5.02. The van der Waals surface area contributed by atoms with E-state index >= 15 is 0 Å². The van der Waals surface area contributed by atoms with Gasteiger partial charge >= 0.3 is 0 Å². The molecule has 2 aromatic carbocycles. The summed E-state index contributed by atoms with van der Waals surface area (Å²) in [7, 11) is 1.64. The number of nitrogens with one attached hydrogen (secondary N) is 1. The average Bonchev–Trinajstić information content (AvgIpc) is 2.41. The molecule has 0 unspecified atom stereocenters. The van der Waals surface area contributed by atoms with Crippen LogP contribution in [-0.2, 0) is 0 Å². The first-order valence-electron chi connectivity index (χ1n) is 5.40. The van der Waals surface area contributed by atoms with Crippen molar-refractivity contribution in [1.29, 1.82) is 0 Å². The lowest BCUT2D eigenvalue weighted by Crippen LogP contribution is -2.10. The van der Waals surface area contributed by atoms with E-state index in [4.69, 9.17) is 17.0 Å². The number of methoxy groups -OCH3 is 1. The Kier molecular flexibility index (Phi) is 4.33. The molecule has 0 saturated heterocycles. The largest absolute Gasteiger partial charge is 0.497 e. The number of hydrogen-bond donors (Lipinski definition) is 1. The van der Waals surface area contributed by atoms with E-state index in [9.17, 15) is 0 Å². The van der Waals surface area contributed by atoms with Crippen LogP contribution in [-0.4, -0.2) is 12.1 Å². The number of anilines is 1. The zero-order chi connectivity index (χ0) is 13.0. The number of thiocarbonyl (C=S) groups is 1. The number of hydrogen-bond acceptors (Lipinski definition) is 2. The van der Waals surface area contributed by atoms with Crippen molar-refractivity contribution in [2.75, 3.05) is 12.4 Å². The second kappa shape index (κ2) is 5.98. The first-order chi connectivity index (χ1) is 8.69.